The van der Waals surface area contributed by atoms with Gasteiger partial charge in [0.1, 0.15) is 24.1 Å². The van der Waals surface area contributed by atoms with Crippen molar-refractivity contribution < 1.29 is 18.3 Å². The molecule has 4 rings (SSSR count). The third-order valence-electron chi connectivity index (χ3n) is 4.24. The summed E-state index contributed by atoms with van der Waals surface area (Å²) in [7, 11) is 0. The predicted molar refractivity (Wildman–Crippen MR) is 87.1 cm³/mol. The summed E-state index contributed by atoms with van der Waals surface area (Å²) in [5.41, 5.74) is 1.76. The Balaban J connectivity index is 1.56. The first kappa shape index (κ1) is 15.7. The van der Waals surface area contributed by atoms with Crippen LogP contribution in [0, 0.1) is 11.6 Å². The number of ether oxygens (including phenoxy) is 1. The van der Waals surface area contributed by atoms with E-state index in [-0.39, 0.29) is 23.6 Å². The lowest BCUT2D eigenvalue weighted by Crippen LogP contribution is -2.35. The maximum Gasteiger partial charge on any atom is 0.251 e. The Morgan fingerprint density at radius 1 is 1.20 bits per heavy atom. The molecule has 0 saturated carbocycles. The van der Waals surface area contributed by atoms with Gasteiger partial charge in [-0.1, -0.05) is 0 Å². The zero-order valence-corrected chi connectivity index (χ0v) is 13.2. The Bertz CT molecular complexity index is 937. The lowest BCUT2D eigenvalue weighted by atomic mass is 10.2. The Kier molecular flexibility index (Phi) is 3.93. The van der Waals surface area contributed by atoms with Crippen LogP contribution in [0.3, 0.4) is 0 Å². The highest BCUT2D eigenvalue weighted by Gasteiger charge is 2.24. The van der Waals surface area contributed by atoms with Crippen molar-refractivity contribution in [1.82, 2.24) is 14.9 Å². The van der Waals surface area contributed by atoms with Gasteiger partial charge in [-0.3, -0.25) is 4.79 Å². The lowest BCUT2D eigenvalue weighted by Gasteiger charge is -2.26. The Labute approximate surface area is 142 Å². The molecule has 25 heavy (non-hydrogen) atoms. The van der Waals surface area contributed by atoms with Crippen LogP contribution in [0.4, 0.5) is 8.78 Å². The maximum absolute atomic E-state index is 13.4. The van der Waals surface area contributed by atoms with Gasteiger partial charge >= 0.3 is 0 Å². The molecule has 1 N–H and O–H groups in total. The SMILES string of the molecule is O=C(NCC1COCc2nc3cc(F)ccc3n21)c1ccc(F)cc1. The van der Waals surface area contributed by atoms with Crippen molar-refractivity contribution in [2.45, 2.75) is 12.6 Å². The number of nitrogens with zero attached hydrogens (tertiary/aromatic N) is 2. The fraction of sp³-hybridized carbons (Fsp3) is 0.222. The number of amides is 1. The second-order valence-corrected chi connectivity index (χ2v) is 5.92. The van der Waals surface area contributed by atoms with E-state index in [1.807, 2.05) is 4.57 Å². The van der Waals surface area contributed by atoms with E-state index in [1.54, 1.807) is 6.07 Å². The lowest BCUT2D eigenvalue weighted by molar-refractivity contribution is 0.0553. The molecule has 1 aromatic heterocycles. The van der Waals surface area contributed by atoms with Crippen molar-refractivity contribution in [3.63, 3.8) is 0 Å². The molecule has 7 heteroatoms. The van der Waals surface area contributed by atoms with Crippen LogP contribution in [-0.2, 0) is 11.3 Å². The molecule has 2 heterocycles. The zero-order chi connectivity index (χ0) is 17.4. The predicted octanol–water partition coefficient (Wildman–Crippen LogP) is 2.82. The molecule has 0 fully saturated rings. The topological polar surface area (TPSA) is 56.1 Å². The van der Waals surface area contributed by atoms with Gasteiger partial charge in [-0.15, -0.1) is 0 Å². The van der Waals surface area contributed by atoms with E-state index in [0.29, 0.717) is 36.7 Å². The van der Waals surface area contributed by atoms with Crippen LogP contribution in [0.2, 0.25) is 0 Å². The summed E-state index contributed by atoms with van der Waals surface area (Å²) in [6, 6.07) is 9.66. The molecule has 1 aliphatic rings. The standard InChI is InChI=1S/C18H15F2N3O2/c19-12-3-1-11(2-4-12)18(24)21-8-14-9-25-10-17-22-15-7-13(20)5-6-16(15)23(14)17/h1-7,14H,8-10H2,(H,21,24). The number of fused-ring (bicyclic) bond motifs is 3. The Morgan fingerprint density at radius 2 is 1.96 bits per heavy atom. The molecule has 0 aliphatic carbocycles. The number of halogens is 2. The quantitative estimate of drug-likeness (QED) is 0.796. The van der Waals surface area contributed by atoms with E-state index in [2.05, 4.69) is 10.3 Å². The minimum atomic E-state index is -0.390. The fourth-order valence-corrected chi connectivity index (χ4v) is 3.06. The van der Waals surface area contributed by atoms with Crippen LogP contribution in [0.1, 0.15) is 22.2 Å². The highest BCUT2D eigenvalue weighted by Crippen LogP contribution is 2.26. The van der Waals surface area contributed by atoms with Gasteiger partial charge in [0.2, 0.25) is 0 Å². The molecule has 5 nitrogen and oxygen atoms in total. The summed E-state index contributed by atoms with van der Waals surface area (Å²) in [6.07, 6.45) is 0. The number of nitrogens with one attached hydrogen (secondary N) is 1. The van der Waals surface area contributed by atoms with Crippen LogP contribution in [0.15, 0.2) is 42.5 Å². The monoisotopic (exact) mass is 343 g/mol. The number of carbonyl (C=O) groups is 1. The molecule has 0 saturated heterocycles. The average Bonchev–Trinajstić information content (AvgIpc) is 2.98. The van der Waals surface area contributed by atoms with Gasteiger partial charge < -0.3 is 14.6 Å². The van der Waals surface area contributed by atoms with Gasteiger partial charge in [0.25, 0.3) is 5.91 Å². The molecular formula is C18H15F2N3O2. The number of hydrogen-bond acceptors (Lipinski definition) is 3. The van der Waals surface area contributed by atoms with E-state index in [1.165, 1.54) is 36.4 Å². The molecule has 128 valence electrons. The largest absolute Gasteiger partial charge is 0.371 e. The van der Waals surface area contributed by atoms with Gasteiger partial charge in [0.15, 0.2) is 0 Å². The van der Waals surface area contributed by atoms with E-state index in [9.17, 15) is 13.6 Å². The van der Waals surface area contributed by atoms with Crippen molar-refractivity contribution in [3.05, 3.63) is 65.5 Å². The van der Waals surface area contributed by atoms with Crippen molar-refractivity contribution in [1.29, 1.82) is 0 Å². The molecule has 1 amide bonds. The molecule has 1 unspecified atom stereocenters. The van der Waals surface area contributed by atoms with E-state index >= 15 is 0 Å². The van der Waals surface area contributed by atoms with E-state index in [4.69, 9.17) is 4.74 Å². The molecule has 1 aliphatic heterocycles. The third-order valence-corrected chi connectivity index (χ3v) is 4.24. The minimum Gasteiger partial charge on any atom is -0.371 e. The Hall–Kier alpha value is -2.80. The number of benzene rings is 2. The van der Waals surface area contributed by atoms with Crippen molar-refractivity contribution in [2.24, 2.45) is 0 Å². The number of carbonyl (C=O) groups excluding carboxylic acids is 1. The van der Waals surface area contributed by atoms with Gasteiger partial charge in [0, 0.05) is 18.2 Å². The van der Waals surface area contributed by atoms with Crippen LogP contribution >= 0.6 is 0 Å². The van der Waals surface area contributed by atoms with Gasteiger partial charge in [-0.05, 0) is 36.4 Å². The normalized spacial score (nSPS) is 16.6. The van der Waals surface area contributed by atoms with Crippen LogP contribution in [-0.4, -0.2) is 28.6 Å². The first-order chi connectivity index (χ1) is 12.1. The minimum absolute atomic E-state index is 0.149. The van der Waals surface area contributed by atoms with Gasteiger partial charge in [-0.25, -0.2) is 13.8 Å². The van der Waals surface area contributed by atoms with Crippen LogP contribution in [0.25, 0.3) is 11.0 Å². The van der Waals surface area contributed by atoms with Gasteiger partial charge in [0.05, 0.1) is 23.7 Å². The second kappa shape index (κ2) is 6.25. The Morgan fingerprint density at radius 3 is 2.76 bits per heavy atom. The first-order valence-corrected chi connectivity index (χ1v) is 7.90. The van der Waals surface area contributed by atoms with Crippen LogP contribution < -0.4 is 5.32 Å². The number of aromatic nitrogens is 2. The van der Waals surface area contributed by atoms with E-state index in [0.717, 1.165) is 5.52 Å². The molecule has 0 bridgehead atoms. The van der Waals surface area contributed by atoms with Gasteiger partial charge in [-0.2, -0.15) is 0 Å². The maximum atomic E-state index is 13.4. The molecule has 3 aromatic rings. The average molecular weight is 343 g/mol. The zero-order valence-electron chi connectivity index (χ0n) is 13.2. The summed E-state index contributed by atoms with van der Waals surface area (Å²) in [4.78, 5) is 16.6. The molecule has 0 radical (unpaired) electrons. The summed E-state index contributed by atoms with van der Waals surface area (Å²) < 4.78 is 33.9. The fourth-order valence-electron chi connectivity index (χ4n) is 3.06. The summed E-state index contributed by atoms with van der Waals surface area (Å²) in [6.45, 7) is 1.09. The number of rotatable bonds is 3. The first-order valence-electron chi connectivity index (χ1n) is 7.90. The van der Waals surface area contributed by atoms with Crippen molar-refractivity contribution >= 4 is 16.9 Å². The molecule has 0 spiro atoms. The summed E-state index contributed by atoms with van der Waals surface area (Å²) in [5, 5.41) is 2.83. The third kappa shape index (κ3) is 2.98. The van der Waals surface area contributed by atoms with Crippen LogP contribution in [0.5, 0.6) is 0 Å². The summed E-state index contributed by atoms with van der Waals surface area (Å²) in [5.74, 6) is -0.320. The smallest absolute Gasteiger partial charge is 0.251 e. The summed E-state index contributed by atoms with van der Waals surface area (Å²) >= 11 is 0. The highest BCUT2D eigenvalue weighted by atomic mass is 19.1. The highest BCUT2D eigenvalue weighted by molar-refractivity contribution is 5.94. The second-order valence-electron chi connectivity index (χ2n) is 5.92. The van der Waals surface area contributed by atoms with Crippen molar-refractivity contribution in [3.8, 4) is 0 Å². The number of hydrogen-bond donors (Lipinski definition) is 1. The molecule has 1 atom stereocenters. The molecular weight excluding hydrogens is 328 g/mol. The van der Waals surface area contributed by atoms with Crippen molar-refractivity contribution in [2.75, 3.05) is 13.2 Å². The number of imidazole rings is 1. The molecule has 2 aromatic carbocycles. The van der Waals surface area contributed by atoms with E-state index < -0.39 is 0 Å².